The lowest BCUT2D eigenvalue weighted by atomic mass is 10.2. The van der Waals surface area contributed by atoms with Crippen molar-refractivity contribution in [2.45, 2.75) is 31.7 Å². The van der Waals surface area contributed by atoms with E-state index in [1.165, 1.54) is 28.6 Å². The molecule has 0 unspecified atom stereocenters. The van der Waals surface area contributed by atoms with Gasteiger partial charge in [-0.25, -0.2) is 18.0 Å². The second-order valence-electron chi connectivity index (χ2n) is 6.70. The van der Waals surface area contributed by atoms with Gasteiger partial charge in [-0.3, -0.25) is 4.57 Å². The molecule has 1 N–H and O–H groups in total. The Morgan fingerprint density at radius 1 is 1.07 bits per heavy atom. The molecule has 3 aromatic rings. The highest BCUT2D eigenvalue weighted by atomic mass is 32.2. The van der Waals surface area contributed by atoms with E-state index in [4.69, 9.17) is 4.74 Å². The number of hydrogen-bond donors (Lipinski definition) is 1. The molecule has 2 aromatic carbocycles. The maximum Gasteiger partial charge on any atom is 0.338 e. The van der Waals surface area contributed by atoms with Crippen LogP contribution in [0.2, 0.25) is 0 Å². The fourth-order valence-corrected chi connectivity index (χ4v) is 4.73. The van der Waals surface area contributed by atoms with Crippen LogP contribution >= 0.6 is 0 Å². The van der Waals surface area contributed by atoms with E-state index in [1.54, 1.807) is 18.4 Å². The number of nitrogens with one attached hydrogen (secondary N) is 1. The van der Waals surface area contributed by atoms with Crippen LogP contribution in [0.1, 0.15) is 30.6 Å². The summed E-state index contributed by atoms with van der Waals surface area (Å²) in [4.78, 5) is 27.2. The van der Waals surface area contributed by atoms with Crippen LogP contribution in [0.15, 0.2) is 58.2 Å². The maximum absolute atomic E-state index is 12.5. The van der Waals surface area contributed by atoms with Gasteiger partial charge in [0.1, 0.15) is 0 Å². The normalized spacial score (nSPS) is 11.8. The number of nitrogens with zero attached hydrogens (tertiary/aromatic N) is 2. The third-order valence-electron chi connectivity index (χ3n) is 4.87. The topological polar surface area (TPSA) is 101 Å². The van der Waals surface area contributed by atoms with Crippen LogP contribution < -0.4 is 5.69 Å². The summed E-state index contributed by atoms with van der Waals surface area (Å²) >= 11 is 0. The SMILES string of the molecule is CCN(CC)S(=O)(=O)c1ccc(C(=O)OCCCn2c(=O)[nH]c3ccccc32)cc1. The van der Waals surface area contributed by atoms with Crippen LogP contribution in [0.5, 0.6) is 0 Å². The lowest BCUT2D eigenvalue weighted by molar-refractivity contribution is 0.0496. The van der Waals surface area contributed by atoms with Gasteiger partial charge in [-0.15, -0.1) is 0 Å². The zero-order valence-electron chi connectivity index (χ0n) is 17.0. The number of carbonyl (C=O) groups is 1. The van der Waals surface area contributed by atoms with Crippen molar-refractivity contribution < 1.29 is 17.9 Å². The molecular weight excluding hydrogens is 406 g/mol. The zero-order chi connectivity index (χ0) is 21.7. The molecule has 160 valence electrons. The number of ether oxygens (including phenoxy) is 1. The lowest BCUT2D eigenvalue weighted by Crippen LogP contribution is -2.30. The van der Waals surface area contributed by atoms with E-state index in [1.807, 2.05) is 24.3 Å². The maximum atomic E-state index is 12.5. The summed E-state index contributed by atoms with van der Waals surface area (Å²) in [5, 5.41) is 0. The summed E-state index contributed by atoms with van der Waals surface area (Å²) in [6.07, 6.45) is 0.474. The third-order valence-corrected chi connectivity index (χ3v) is 6.94. The highest BCUT2D eigenvalue weighted by molar-refractivity contribution is 7.89. The zero-order valence-corrected chi connectivity index (χ0v) is 17.8. The smallest absolute Gasteiger partial charge is 0.338 e. The minimum atomic E-state index is -3.57. The average Bonchev–Trinajstić information content (AvgIpc) is 3.07. The van der Waals surface area contributed by atoms with Crippen molar-refractivity contribution in [3.8, 4) is 0 Å². The van der Waals surface area contributed by atoms with Crippen LogP contribution in [-0.2, 0) is 21.3 Å². The van der Waals surface area contributed by atoms with Gasteiger partial charge in [0.25, 0.3) is 0 Å². The molecule has 0 fully saturated rings. The van der Waals surface area contributed by atoms with Crippen LogP contribution in [0.3, 0.4) is 0 Å². The Labute approximate surface area is 175 Å². The molecular formula is C21H25N3O5S. The molecule has 0 radical (unpaired) electrons. The van der Waals surface area contributed by atoms with E-state index in [-0.39, 0.29) is 22.8 Å². The first-order valence-corrected chi connectivity index (χ1v) is 11.3. The molecule has 0 bridgehead atoms. The van der Waals surface area contributed by atoms with Gasteiger partial charge < -0.3 is 9.72 Å². The fraction of sp³-hybridized carbons (Fsp3) is 0.333. The number of aromatic nitrogens is 2. The highest BCUT2D eigenvalue weighted by Gasteiger charge is 2.21. The Morgan fingerprint density at radius 3 is 2.40 bits per heavy atom. The van der Waals surface area contributed by atoms with E-state index in [9.17, 15) is 18.0 Å². The van der Waals surface area contributed by atoms with Crippen LogP contribution in [0, 0.1) is 0 Å². The van der Waals surface area contributed by atoms with Gasteiger partial charge in [-0.1, -0.05) is 26.0 Å². The van der Waals surface area contributed by atoms with Crippen molar-refractivity contribution in [3.63, 3.8) is 0 Å². The predicted molar refractivity (Wildman–Crippen MR) is 114 cm³/mol. The predicted octanol–water partition coefficient (Wildman–Crippen LogP) is 2.61. The minimum Gasteiger partial charge on any atom is -0.462 e. The summed E-state index contributed by atoms with van der Waals surface area (Å²) in [6.45, 7) is 4.86. The number of fused-ring (bicyclic) bond motifs is 1. The van der Waals surface area contributed by atoms with E-state index in [0.29, 0.717) is 26.1 Å². The average molecular weight is 432 g/mol. The Kier molecular flexibility index (Phi) is 6.73. The number of imidazole rings is 1. The molecule has 9 heteroatoms. The minimum absolute atomic E-state index is 0.140. The fourth-order valence-electron chi connectivity index (χ4n) is 3.28. The Balaban J connectivity index is 1.57. The van der Waals surface area contributed by atoms with Crippen molar-refractivity contribution >= 4 is 27.0 Å². The van der Waals surface area contributed by atoms with Crippen molar-refractivity contribution in [2.75, 3.05) is 19.7 Å². The van der Waals surface area contributed by atoms with Crippen molar-refractivity contribution in [2.24, 2.45) is 0 Å². The number of para-hydroxylation sites is 2. The van der Waals surface area contributed by atoms with E-state index in [2.05, 4.69) is 4.98 Å². The van der Waals surface area contributed by atoms with Gasteiger partial charge in [0.2, 0.25) is 10.0 Å². The molecule has 3 rings (SSSR count). The molecule has 0 spiro atoms. The van der Waals surface area contributed by atoms with E-state index >= 15 is 0 Å². The number of sulfonamides is 1. The number of esters is 1. The van der Waals surface area contributed by atoms with Gasteiger partial charge in [-0.05, 0) is 42.8 Å². The summed E-state index contributed by atoms with van der Waals surface area (Å²) in [5.74, 6) is -0.534. The molecule has 0 aliphatic heterocycles. The number of rotatable bonds is 9. The number of aryl methyl sites for hydroxylation is 1. The van der Waals surface area contributed by atoms with Gasteiger partial charge >= 0.3 is 11.7 Å². The Bertz CT molecular complexity index is 1180. The first-order chi connectivity index (χ1) is 14.4. The van der Waals surface area contributed by atoms with Gasteiger partial charge in [-0.2, -0.15) is 4.31 Å². The van der Waals surface area contributed by atoms with Crippen molar-refractivity contribution in [1.82, 2.24) is 13.9 Å². The largest absolute Gasteiger partial charge is 0.462 e. The summed E-state index contributed by atoms with van der Waals surface area (Å²) in [6, 6.07) is 13.1. The lowest BCUT2D eigenvalue weighted by Gasteiger charge is -2.18. The second-order valence-corrected chi connectivity index (χ2v) is 8.64. The number of H-pyrrole nitrogens is 1. The third kappa shape index (κ3) is 4.47. The summed E-state index contributed by atoms with van der Waals surface area (Å²) in [7, 11) is -3.57. The molecule has 0 saturated carbocycles. The number of benzene rings is 2. The standard InChI is InChI=1S/C21H25N3O5S/c1-3-23(4-2)30(27,28)17-12-10-16(11-13-17)20(25)29-15-7-14-24-19-9-6-5-8-18(19)22-21(24)26/h5-6,8-13H,3-4,7,14-15H2,1-2H3,(H,22,26). The summed E-state index contributed by atoms with van der Waals surface area (Å²) in [5.41, 5.74) is 1.64. The molecule has 0 amide bonds. The molecule has 30 heavy (non-hydrogen) atoms. The van der Waals surface area contributed by atoms with Gasteiger partial charge in [0.15, 0.2) is 0 Å². The van der Waals surface area contributed by atoms with Gasteiger partial charge in [0.05, 0.1) is 28.1 Å². The van der Waals surface area contributed by atoms with Crippen LogP contribution in [-0.4, -0.2) is 47.9 Å². The van der Waals surface area contributed by atoms with Gasteiger partial charge in [0, 0.05) is 19.6 Å². The van der Waals surface area contributed by atoms with Crippen molar-refractivity contribution in [3.05, 3.63) is 64.6 Å². The molecule has 0 saturated heterocycles. The molecule has 0 atom stereocenters. The monoisotopic (exact) mass is 431 g/mol. The molecule has 0 aliphatic rings. The second kappa shape index (κ2) is 9.27. The highest BCUT2D eigenvalue weighted by Crippen LogP contribution is 2.17. The Morgan fingerprint density at radius 2 is 1.73 bits per heavy atom. The molecule has 0 aliphatic carbocycles. The summed E-state index contributed by atoms with van der Waals surface area (Å²) < 4.78 is 33.2. The van der Waals surface area contributed by atoms with E-state index < -0.39 is 16.0 Å². The van der Waals surface area contributed by atoms with Crippen LogP contribution in [0.4, 0.5) is 0 Å². The Hall–Kier alpha value is -2.91. The van der Waals surface area contributed by atoms with E-state index in [0.717, 1.165) is 11.0 Å². The quantitative estimate of drug-likeness (QED) is 0.415. The molecule has 1 heterocycles. The molecule has 8 nitrogen and oxygen atoms in total. The first-order valence-electron chi connectivity index (χ1n) is 9.83. The van der Waals surface area contributed by atoms with Crippen molar-refractivity contribution in [1.29, 1.82) is 0 Å². The number of aromatic amines is 1. The number of carbonyl (C=O) groups excluding carboxylic acids is 1. The van der Waals surface area contributed by atoms with Crippen LogP contribution in [0.25, 0.3) is 11.0 Å². The molecule has 1 aromatic heterocycles. The first kappa shape index (κ1) is 21.8. The number of hydrogen-bond acceptors (Lipinski definition) is 5.